The molecule has 7 nitrogen and oxygen atoms in total. The molecule has 0 spiro atoms. The molecule has 0 saturated carbocycles. The largest absolute Gasteiger partial charge is 0.497 e. The molecule has 144 valence electrons. The summed E-state index contributed by atoms with van der Waals surface area (Å²) in [7, 11) is 3.09. The third-order valence-corrected chi connectivity index (χ3v) is 3.77. The number of para-hydroxylation sites is 1. The highest BCUT2D eigenvalue weighted by atomic mass is 16.5. The number of hydrogen-bond donors (Lipinski definition) is 2. The molecule has 0 heterocycles. The maximum atomic E-state index is 12.2. The zero-order valence-electron chi connectivity index (χ0n) is 15.7. The molecule has 7 heteroatoms. The van der Waals surface area contributed by atoms with E-state index in [4.69, 9.17) is 14.2 Å². The standard InChI is InChI=1S/C20H24N2O5/c1-4-27-20(24)15-7-5-6-8-16(15)21-12-11-19(23)22-17-10-9-14(25-2)13-18(17)26-3/h5-10,13,21H,4,11-12H2,1-3H3,(H,22,23). The Hall–Kier alpha value is -3.22. The molecule has 0 radical (unpaired) electrons. The van der Waals surface area contributed by atoms with Crippen molar-refractivity contribution in [3.8, 4) is 11.5 Å². The van der Waals surface area contributed by atoms with Crippen molar-refractivity contribution < 1.29 is 23.8 Å². The van der Waals surface area contributed by atoms with E-state index in [1.165, 1.54) is 7.11 Å². The Morgan fingerprint density at radius 3 is 2.48 bits per heavy atom. The summed E-state index contributed by atoms with van der Waals surface area (Å²) in [4.78, 5) is 24.2. The lowest BCUT2D eigenvalue weighted by Gasteiger charge is -2.13. The second kappa shape index (κ2) is 10.1. The molecule has 0 aliphatic carbocycles. The second-order valence-corrected chi connectivity index (χ2v) is 5.56. The highest BCUT2D eigenvalue weighted by Gasteiger charge is 2.12. The molecule has 2 aromatic carbocycles. The van der Waals surface area contributed by atoms with Crippen molar-refractivity contribution in [2.24, 2.45) is 0 Å². The normalized spacial score (nSPS) is 10.0. The van der Waals surface area contributed by atoms with Crippen LogP contribution in [0.1, 0.15) is 23.7 Å². The maximum absolute atomic E-state index is 12.2. The summed E-state index contributed by atoms with van der Waals surface area (Å²) >= 11 is 0. The maximum Gasteiger partial charge on any atom is 0.340 e. The summed E-state index contributed by atoms with van der Waals surface area (Å²) in [6.07, 6.45) is 0.215. The topological polar surface area (TPSA) is 85.9 Å². The minimum atomic E-state index is -0.395. The van der Waals surface area contributed by atoms with E-state index in [0.717, 1.165) is 0 Å². The Bertz CT molecular complexity index is 792. The molecule has 2 N–H and O–H groups in total. The van der Waals surface area contributed by atoms with Crippen LogP contribution in [0, 0.1) is 0 Å². The molecule has 0 unspecified atom stereocenters. The molecule has 27 heavy (non-hydrogen) atoms. The summed E-state index contributed by atoms with van der Waals surface area (Å²) in [6, 6.07) is 12.2. The lowest BCUT2D eigenvalue weighted by molar-refractivity contribution is -0.116. The molecule has 0 aliphatic rings. The van der Waals surface area contributed by atoms with Crippen molar-refractivity contribution in [1.29, 1.82) is 0 Å². The van der Waals surface area contributed by atoms with E-state index in [2.05, 4.69) is 10.6 Å². The fraction of sp³-hybridized carbons (Fsp3) is 0.300. The summed E-state index contributed by atoms with van der Waals surface area (Å²) in [5.74, 6) is 0.581. The minimum absolute atomic E-state index is 0.181. The second-order valence-electron chi connectivity index (χ2n) is 5.56. The Labute approximate surface area is 158 Å². The van der Waals surface area contributed by atoms with Crippen molar-refractivity contribution in [2.75, 3.05) is 38.0 Å². The van der Waals surface area contributed by atoms with E-state index < -0.39 is 5.97 Å². The van der Waals surface area contributed by atoms with Crippen LogP contribution >= 0.6 is 0 Å². The van der Waals surface area contributed by atoms with Crippen LogP contribution in [-0.4, -0.2) is 39.2 Å². The molecule has 0 atom stereocenters. The molecule has 2 rings (SSSR count). The van der Waals surface area contributed by atoms with E-state index >= 15 is 0 Å². The number of rotatable bonds is 9. The van der Waals surface area contributed by atoms with E-state index in [-0.39, 0.29) is 12.3 Å². The van der Waals surface area contributed by atoms with Crippen molar-refractivity contribution in [2.45, 2.75) is 13.3 Å². The highest BCUT2D eigenvalue weighted by Crippen LogP contribution is 2.29. The minimum Gasteiger partial charge on any atom is -0.497 e. The van der Waals surface area contributed by atoms with Gasteiger partial charge in [-0.05, 0) is 31.2 Å². The third-order valence-electron chi connectivity index (χ3n) is 3.77. The number of nitrogens with one attached hydrogen (secondary N) is 2. The third kappa shape index (κ3) is 5.64. The van der Waals surface area contributed by atoms with Gasteiger partial charge in [-0.3, -0.25) is 4.79 Å². The average molecular weight is 372 g/mol. The van der Waals surface area contributed by atoms with Gasteiger partial charge in [0.1, 0.15) is 11.5 Å². The number of anilines is 2. The predicted molar refractivity (Wildman–Crippen MR) is 104 cm³/mol. The smallest absolute Gasteiger partial charge is 0.340 e. The Morgan fingerprint density at radius 1 is 1.00 bits per heavy atom. The predicted octanol–water partition coefficient (Wildman–Crippen LogP) is 3.32. The lowest BCUT2D eigenvalue weighted by atomic mass is 10.1. The van der Waals surface area contributed by atoms with Crippen molar-refractivity contribution in [1.82, 2.24) is 0 Å². The molecule has 0 aliphatic heterocycles. The molecule has 0 bridgehead atoms. The fourth-order valence-corrected chi connectivity index (χ4v) is 2.45. The SMILES string of the molecule is CCOC(=O)c1ccccc1NCCC(=O)Nc1ccc(OC)cc1OC. The Morgan fingerprint density at radius 2 is 1.78 bits per heavy atom. The van der Waals surface area contributed by atoms with Crippen LogP contribution in [0.3, 0.4) is 0 Å². The summed E-state index contributed by atoms with van der Waals surface area (Å²) in [6.45, 7) is 2.42. The van der Waals surface area contributed by atoms with Crippen LogP contribution in [0.5, 0.6) is 11.5 Å². The monoisotopic (exact) mass is 372 g/mol. The number of carbonyl (C=O) groups excluding carboxylic acids is 2. The van der Waals surface area contributed by atoms with Gasteiger partial charge in [-0.15, -0.1) is 0 Å². The first-order chi connectivity index (χ1) is 13.1. The first-order valence-corrected chi connectivity index (χ1v) is 8.61. The van der Waals surface area contributed by atoms with Gasteiger partial charge in [0.15, 0.2) is 0 Å². The first kappa shape index (κ1) is 20.1. The van der Waals surface area contributed by atoms with Crippen LogP contribution in [0.25, 0.3) is 0 Å². The molecule has 0 aromatic heterocycles. The van der Waals surface area contributed by atoms with Gasteiger partial charge in [0, 0.05) is 24.7 Å². The number of amides is 1. The highest BCUT2D eigenvalue weighted by molar-refractivity contribution is 5.96. The van der Waals surface area contributed by atoms with Gasteiger partial charge in [0.2, 0.25) is 5.91 Å². The molecular formula is C20H24N2O5. The van der Waals surface area contributed by atoms with Crippen molar-refractivity contribution in [3.05, 3.63) is 48.0 Å². The van der Waals surface area contributed by atoms with E-state index in [9.17, 15) is 9.59 Å². The van der Waals surface area contributed by atoms with Gasteiger partial charge >= 0.3 is 5.97 Å². The number of hydrogen-bond acceptors (Lipinski definition) is 6. The number of esters is 1. The van der Waals surface area contributed by atoms with Gasteiger partial charge in [0.05, 0.1) is 32.1 Å². The van der Waals surface area contributed by atoms with Crippen LogP contribution in [0.4, 0.5) is 11.4 Å². The van der Waals surface area contributed by atoms with Crippen LogP contribution < -0.4 is 20.1 Å². The van der Waals surface area contributed by atoms with Gasteiger partial charge in [-0.2, -0.15) is 0 Å². The molecule has 0 saturated heterocycles. The first-order valence-electron chi connectivity index (χ1n) is 8.61. The summed E-state index contributed by atoms with van der Waals surface area (Å²) in [5.41, 5.74) is 1.64. The van der Waals surface area contributed by atoms with Crippen molar-refractivity contribution in [3.63, 3.8) is 0 Å². The molecular weight excluding hydrogens is 348 g/mol. The zero-order chi connectivity index (χ0) is 19.6. The van der Waals surface area contributed by atoms with Crippen LogP contribution in [-0.2, 0) is 9.53 Å². The Kier molecular flexibility index (Phi) is 7.49. The zero-order valence-corrected chi connectivity index (χ0v) is 15.7. The molecule has 1 amide bonds. The van der Waals surface area contributed by atoms with Gasteiger partial charge in [-0.25, -0.2) is 4.79 Å². The van der Waals surface area contributed by atoms with Crippen LogP contribution in [0.2, 0.25) is 0 Å². The number of ether oxygens (including phenoxy) is 3. The Balaban J connectivity index is 1.93. The van der Waals surface area contributed by atoms with E-state index in [0.29, 0.717) is 41.6 Å². The molecule has 0 fully saturated rings. The molecule has 2 aromatic rings. The van der Waals surface area contributed by atoms with Crippen LogP contribution in [0.15, 0.2) is 42.5 Å². The number of methoxy groups -OCH3 is 2. The summed E-state index contributed by atoms with van der Waals surface area (Å²) < 4.78 is 15.4. The van der Waals surface area contributed by atoms with Crippen molar-refractivity contribution >= 4 is 23.3 Å². The van der Waals surface area contributed by atoms with Gasteiger partial charge in [-0.1, -0.05) is 12.1 Å². The quantitative estimate of drug-likeness (QED) is 0.657. The van der Waals surface area contributed by atoms with E-state index in [1.54, 1.807) is 50.4 Å². The number of benzene rings is 2. The average Bonchev–Trinajstić information content (AvgIpc) is 2.68. The van der Waals surface area contributed by atoms with Gasteiger partial charge < -0.3 is 24.8 Å². The lowest BCUT2D eigenvalue weighted by Crippen LogP contribution is -2.18. The fourth-order valence-electron chi connectivity index (χ4n) is 2.45. The number of carbonyl (C=O) groups is 2. The summed E-state index contributed by atoms with van der Waals surface area (Å²) in [5, 5.41) is 5.91. The van der Waals surface area contributed by atoms with E-state index in [1.807, 2.05) is 6.07 Å². The van der Waals surface area contributed by atoms with Gasteiger partial charge in [0.25, 0.3) is 0 Å².